The van der Waals surface area contributed by atoms with E-state index >= 15 is 0 Å². The predicted octanol–water partition coefficient (Wildman–Crippen LogP) is 4.86. The average Bonchev–Trinajstić information content (AvgIpc) is 2.91. The lowest BCUT2D eigenvalue weighted by Crippen LogP contribution is -2.08. The van der Waals surface area contributed by atoms with E-state index in [1.807, 2.05) is 28.6 Å². The van der Waals surface area contributed by atoms with Crippen LogP contribution in [0.3, 0.4) is 0 Å². The number of nitrogens with zero attached hydrogens (tertiary/aromatic N) is 3. The highest BCUT2D eigenvalue weighted by Gasteiger charge is 2.16. The summed E-state index contributed by atoms with van der Waals surface area (Å²) in [5.41, 5.74) is 1.10. The molecule has 0 fully saturated rings. The van der Waals surface area contributed by atoms with E-state index in [0.717, 1.165) is 17.9 Å². The molecule has 3 nitrogen and oxygen atoms in total. The largest absolute Gasteiger partial charge is 0.252 e. The Labute approximate surface area is 133 Å². The molecule has 1 heterocycles. The minimum absolute atomic E-state index is 0.257. The summed E-state index contributed by atoms with van der Waals surface area (Å²) in [5, 5.41) is 5.82. The molecule has 6 heteroatoms. The molecule has 0 bridgehead atoms. The van der Waals surface area contributed by atoms with Gasteiger partial charge >= 0.3 is 0 Å². The van der Waals surface area contributed by atoms with Crippen molar-refractivity contribution < 1.29 is 0 Å². The Morgan fingerprint density at radius 3 is 2.85 bits per heavy atom. The third-order valence-electron chi connectivity index (χ3n) is 2.95. The van der Waals surface area contributed by atoms with Crippen LogP contribution >= 0.6 is 35.0 Å². The van der Waals surface area contributed by atoms with Crippen molar-refractivity contribution in [3.63, 3.8) is 0 Å². The van der Waals surface area contributed by atoms with E-state index in [1.165, 1.54) is 12.8 Å². The number of benzene rings is 1. The first-order chi connectivity index (χ1) is 9.70. The van der Waals surface area contributed by atoms with Gasteiger partial charge in [0.15, 0.2) is 0 Å². The van der Waals surface area contributed by atoms with E-state index in [1.54, 1.807) is 18.7 Å². The first-order valence-corrected chi connectivity index (χ1v) is 8.40. The molecule has 2 rings (SSSR count). The van der Waals surface area contributed by atoms with Crippen molar-refractivity contribution in [3.05, 3.63) is 46.5 Å². The number of halogens is 2. The molecule has 0 aliphatic carbocycles. The maximum atomic E-state index is 6.33. The lowest BCUT2D eigenvalue weighted by Gasteiger charge is -2.18. The van der Waals surface area contributed by atoms with Gasteiger partial charge in [-0.3, -0.25) is 4.68 Å². The molecule has 0 N–H and O–H groups in total. The van der Waals surface area contributed by atoms with Crippen LogP contribution in [0, 0.1) is 0 Å². The molecule has 2 aromatic rings. The van der Waals surface area contributed by atoms with Crippen molar-refractivity contribution in [1.82, 2.24) is 14.8 Å². The lowest BCUT2D eigenvalue weighted by atomic mass is 10.1. The molecule has 0 spiro atoms. The molecule has 0 radical (unpaired) electrons. The van der Waals surface area contributed by atoms with E-state index in [4.69, 9.17) is 23.2 Å². The maximum absolute atomic E-state index is 6.33. The average molecular weight is 330 g/mol. The Bertz CT molecular complexity index is 531. The van der Waals surface area contributed by atoms with E-state index in [2.05, 4.69) is 17.0 Å². The van der Waals surface area contributed by atoms with Gasteiger partial charge in [0, 0.05) is 10.0 Å². The van der Waals surface area contributed by atoms with Crippen LogP contribution in [0.4, 0.5) is 0 Å². The predicted molar refractivity (Wildman–Crippen MR) is 86.6 cm³/mol. The van der Waals surface area contributed by atoms with Crippen molar-refractivity contribution in [2.24, 2.45) is 0 Å². The summed E-state index contributed by atoms with van der Waals surface area (Å²) in [6.45, 7) is 2.96. The molecule has 0 aliphatic heterocycles. The molecule has 0 aliphatic rings. The summed E-state index contributed by atoms with van der Waals surface area (Å²) in [6, 6.07) is 5.69. The zero-order valence-electron chi connectivity index (χ0n) is 11.3. The van der Waals surface area contributed by atoms with Crippen LogP contribution in [0.2, 0.25) is 10.0 Å². The fraction of sp³-hybridized carbons (Fsp3) is 0.429. The van der Waals surface area contributed by atoms with Crippen LogP contribution in [0.15, 0.2) is 30.9 Å². The molecule has 1 aromatic carbocycles. The third kappa shape index (κ3) is 4.40. The van der Waals surface area contributed by atoms with E-state index < -0.39 is 0 Å². The second-order valence-electron chi connectivity index (χ2n) is 4.50. The molecule has 0 amide bonds. The van der Waals surface area contributed by atoms with Crippen LogP contribution in [0.25, 0.3) is 0 Å². The topological polar surface area (TPSA) is 30.7 Å². The number of unbranched alkanes of at least 4 members (excludes halogenated alkanes) is 1. The fourth-order valence-electron chi connectivity index (χ4n) is 1.87. The van der Waals surface area contributed by atoms with Crippen LogP contribution in [0.5, 0.6) is 0 Å². The van der Waals surface area contributed by atoms with E-state index in [0.29, 0.717) is 10.0 Å². The van der Waals surface area contributed by atoms with Gasteiger partial charge in [0.1, 0.15) is 12.7 Å². The van der Waals surface area contributed by atoms with Gasteiger partial charge in [-0.2, -0.15) is 16.9 Å². The van der Waals surface area contributed by atoms with Gasteiger partial charge in [0.2, 0.25) is 0 Å². The number of rotatable bonds is 7. The summed E-state index contributed by atoms with van der Waals surface area (Å²) >= 11 is 14.2. The molecule has 20 heavy (non-hydrogen) atoms. The molecule has 108 valence electrons. The molecule has 0 saturated carbocycles. The van der Waals surface area contributed by atoms with Crippen molar-refractivity contribution in [3.8, 4) is 0 Å². The second-order valence-corrected chi connectivity index (χ2v) is 6.65. The Kier molecular flexibility index (Phi) is 6.20. The van der Waals surface area contributed by atoms with Crippen LogP contribution in [0.1, 0.15) is 30.6 Å². The zero-order chi connectivity index (χ0) is 14.4. The highest BCUT2D eigenvalue weighted by molar-refractivity contribution is 7.99. The smallest absolute Gasteiger partial charge is 0.137 e. The van der Waals surface area contributed by atoms with Crippen LogP contribution in [-0.2, 0) is 6.54 Å². The van der Waals surface area contributed by atoms with E-state index in [-0.39, 0.29) is 5.25 Å². The Morgan fingerprint density at radius 2 is 2.20 bits per heavy atom. The van der Waals surface area contributed by atoms with Crippen molar-refractivity contribution >= 4 is 35.0 Å². The molecule has 1 atom stereocenters. The van der Waals surface area contributed by atoms with Gasteiger partial charge in [-0.25, -0.2) is 4.98 Å². The normalized spacial score (nSPS) is 12.6. The maximum Gasteiger partial charge on any atom is 0.137 e. The summed E-state index contributed by atoms with van der Waals surface area (Å²) in [6.07, 6.45) is 5.68. The number of aromatic nitrogens is 3. The van der Waals surface area contributed by atoms with Gasteiger partial charge in [0.05, 0.1) is 11.8 Å². The summed E-state index contributed by atoms with van der Waals surface area (Å²) in [5.74, 6) is 1.11. The molecular weight excluding hydrogens is 313 g/mol. The van der Waals surface area contributed by atoms with Gasteiger partial charge < -0.3 is 0 Å². The first kappa shape index (κ1) is 15.7. The molecule has 1 unspecified atom stereocenters. The minimum atomic E-state index is 0.257. The van der Waals surface area contributed by atoms with Crippen molar-refractivity contribution in [2.75, 3.05) is 5.75 Å². The van der Waals surface area contributed by atoms with Crippen molar-refractivity contribution in [2.45, 2.75) is 31.6 Å². The van der Waals surface area contributed by atoms with Gasteiger partial charge in [0.25, 0.3) is 0 Å². The Hall–Kier alpha value is -0.710. The first-order valence-electron chi connectivity index (χ1n) is 6.59. The molecule has 1 aromatic heterocycles. The lowest BCUT2D eigenvalue weighted by molar-refractivity contribution is 0.604. The number of thioether (sulfide) groups is 1. The highest BCUT2D eigenvalue weighted by Crippen LogP contribution is 2.36. The molecular formula is C14H17Cl2N3S. The second kappa shape index (κ2) is 7.91. The fourth-order valence-corrected chi connectivity index (χ4v) is 3.86. The van der Waals surface area contributed by atoms with E-state index in [9.17, 15) is 0 Å². The highest BCUT2D eigenvalue weighted by atomic mass is 35.5. The van der Waals surface area contributed by atoms with Crippen LogP contribution < -0.4 is 0 Å². The minimum Gasteiger partial charge on any atom is -0.252 e. The Balaban J connectivity index is 2.15. The van der Waals surface area contributed by atoms with Crippen molar-refractivity contribution in [1.29, 1.82) is 0 Å². The van der Waals surface area contributed by atoms with Gasteiger partial charge in [-0.15, -0.1) is 0 Å². The molecule has 0 saturated heterocycles. The summed E-state index contributed by atoms with van der Waals surface area (Å²) in [4.78, 5) is 3.99. The SMILES string of the molecule is CCCCSC(Cn1cncn1)c1ccc(Cl)cc1Cl. The number of hydrogen-bond acceptors (Lipinski definition) is 3. The van der Waals surface area contributed by atoms with Gasteiger partial charge in [-0.05, 0) is 29.9 Å². The standard InChI is InChI=1S/C14H17Cl2N3S/c1-2-3-6-20-14(8-19-10-17-9-18-19)12-5-4-11(15)7-13(12)16/h4-5,7,9-10,14H,2-3,6,8H2,1H3. The summed E-state index contributed by atoms with van der Waals surface area (Å²) < 4.78 is 1.84. The Morgan fingerprint density at radius 1 is 1.35 bits per heavy atom. The van der Waals surface area contributed by atoms with Gasteiger partial charge in [-0.1, -0.05) is 42.6 Å². The van der Waals surface area contributed by atoms with Crippen LogP contribution in [-0.4, -0.2) is 20.5 Å². The summed E-state index contributed by atoms with van der Waals surface area (Å²) in [7, 11) is 0. The quantitative estimate of drug-likeness (QED) is 0.679. The number of hydrogen-bond donors (Lipinski definition) is 0. The zero-order valence-corrected chi connectivity index (χ0v) is 13.6. The third-order valence-corrected chi connectivity index (χ3v) is 4.84. The monoisotopic (exact) mass is 329 g/mol.